The van der Waals surface area contributed by atoms with Gasteiger partial charge in [-0.15, -0.1) is 0 Å². The zero-order valence-electron chi connectivity index (χ0n) is 18.5. The molecule has 0 bridgehead atoms. The number of alkyl carbamates (subject to hydrolysis) is 1. The highest BCUT2D eigenvalue weighted by Crippen LogP contribution is 2.26. The Morgan fingerprint density at radius 2 is 1.91 bits per heavy atom. The lowest BCUT2D eigenvalue weighted by Gasteiger charge is -2.22. The quantitative estimate of drug-likeness (QED) is 0.558. The number of nitrogens with zero attached hydrogens (tertiary/aromatic N) is 3. The molecule has 1 fully saturated rings. The fraction of sp³-hybridized carbons (Fsp3) is 0.400. The predicted octanol–water partition coefficient (Wildman–Crippen LogP) is 4.66. The molecule has 0 atom stereocenters. The Morgan fingerprint density at radius 1 is 1.09 bits per heavy atom. The van der Waals surface area contributed by atoms with Gasteiger partial charge in [0.25, 0.3) is 0 Å². The number of carbonyl (C=O) groups is 1. The molecule has 0 spiro atoms. The summed E-state index contributed by atoms with van der Waals surface area (Å²) >= 11 is 0. The van der Waals surface area contributed by atoms with E-state index in [1.54, 1.807) is 17.1 Å². The van der Waals surface area contributed by atoms with E-state index in [1.807, 2.05) is 49.5 Å². The molecule has 1 saturated carbocycles. The second-order valence-corrected chi connectivity index (χ2v) is 8.11. The van der Waals surface area contributed by atoms with E-state index in [2.05, 4.69) is 15.4 Å². The lowest BCUT2D eigenvalue weighted by atomic mass is 9.98. The van der Waals surface area contributed by atoms with Crippen molar-refractivity contribution < 1.29 is 14.3 Å². The topological polar surface area (TPSA) is 78.3 Å². The number of ether oxygens (including phenoxy) is 2. The standard InChI is InChI=1S/C25H30N4O3/c1-29-24(18-27-25(30)31-15-14-19-8-4-2-5-9-19)22(17-28-29)23-13-12-21(16-26-23)32-20-10-6-3-7-11-20/h2,4-5,8-9,12-13,16-17,20H,3,6-7,10-11,14-15,18H2,1H3,(H,27,30). The van der Waals surface area contributed by atoms with Gasteiger partial charge in [0.15, 0.2) is 0 Å². The van der Waals surface area contributed by atoms with Gasteiger partial charge in [0.1, 0.15) is 5.75 Å². The van der Waals surface area contributed by atoms with E-state index < -0.39 is 6.09 Å². The van der Waals surface area contributed by atoms with Crippen LogP contribution in [0.3, 0.4) is 0 Å². The van der Waals surface area contributed by atoms with E-state index in [1.165, 1.54) is 19.3 Å². The van der Waals surface area contributed by atoms with Crippen LogP contribution in [0.5, 0.6) is 5.75 Å². The van der Waals surface area contributed by atoms with Gasteiger partial charge in [-0.2, -0.15) is 5.10 Å². The van der Waals surface area contributed by atoms with Crippen molar-refractivity contribution in [1.82, 2.24) is 20.1 Å². The maximum atomic E-state index is 12.1. The third kappa shape index (κ3) is 5.87. The zero-order valence-corrected chi connectivity index (χ0v) is 18.5. The summed E-state index contributed by atoms with van der Waals surface area (Å²) in [5.41, 5.74) is 3.67. The normalized spacial score (nSPS) is 14.2. The van der Waals surface area contributed by atoms with Crippen molar-refractivity contribution in [2.45, 2.75) is 51.2 Å². The second kappa shape index (κ2) is 10.8. The van der Waals surface area contributed by atoms with Gasteiger partial charge in [0.2, 0.25) is 0 Å². The summed E-state index contributed by atoms with van der Waals surface area (Å²) in [6.45, 7) is 0.635. The van der Waals surface area contributed by atoms with Gasteiger partial charge in [-0.1, -0.05) is 36.8 Å². The molecule has 2 aromatic heterocycles. The minimum Gasteiger partial charge on any atom is -0.489 e. The molecule has 2 heterocycles. The van der Waals surface area contributed by atoms with Crippen molar-refractivity contribution in [3.63, 3.8) is 0 Å². The molecule has 4 rings (SSSR count). The van der Waals surface area contributed by atoms with E-state index in [0.717, 1.165) is 41.1 Å². The van der Waals surface area contributed by atoms with E-state index in [9.17, 15) is 4.79 Å². The fourth-order valence-electron chi connectivity index (χ4n) is 3.98. The number of pyridine rings is 1. The van der Waals surface area contributed by atoms with Gasteiger partial charge >= 0.3 is 6.09 Å². The number of carbonyl (C=O) groups excluding carboxylic acids is 1. The number of hydrogen-bond acceptors (Lipinski definition) is 5. The molecule has 0 aliphatic heterocycles. The molecule has 0 radical (unpaired) electrons. The molecule has 1 aromatic carbocycles. The smallest absolute Gasteiger partial charge is 0.407 e. The van der Waals surface area contributed by atoms with E-state index in [4.69, 9.17) is 9.47 Å². The van der Waals surface area contributed by atoms with Crippen molar-refractivity contribution >= 4 is 6.09 Å². The number of amides is 1. The van der Waals surface area contributed by atoms with Gasteiger partial charge < -0.3 is 14.8 Å². The summed E-state index contributed by atoms with van der Waals surface area (Å²) in [6.07, 6.45) is 10.1. The van der Waals surface area contributed by atoms with E-state index in [0.29, 0.717) is 25.7 Å². The van der Waals surface area contributed by atoms with Crippen LogP contribution >= 0.6 is 0 Å². The van der Waals surface area contributed by atoms with Gasteiger partial charge in [-0.25, -0.2) is 4.79 Å². The molecule has 168 valence electrons. The predicted molar refractivity (Wildman–Crippen MR) is 122 cm³/mol. The van der Waals surface area contributed by atoms with Crippen LogP contribution < -0.4 is 10.1 Å². The Hall–Kier alpha value is -3.35. The highest BCUT2D eigenvalue weighted by atomic mass is 16.5. The molecular formula is C25H30N4O3. The highest BCUT2D eigenvalue weighted by Gasteiger charge is 2.16. The van der Waals surface area contributed by atoms with E-state index in [-0.39, 0.29) is 0 Å². The first-order valence-corrected chi connectivity index (χ1v) is 11.3. The maximum Gasteiger partial charge on any atom is 0.407 e. The molecule has 1 N–H and O–H groups in total. The van der Waals surface area contributed by atoms with Crippen LogP contribution in [0.4, 0.5) is 4.79 Å². The third-order valence-corrected chi connectivity index (χ3v) is 5.80. The van der Waals surface area contributed by atoms with E-state index >= 15 is 0 Å². The summed E-state index contributed by atoms with van der Waals surface area (Å²) in [5, 5.41) is 7.16. The number of rotatable bonds is 8. The molecular weight excluding hydrogens is 404 g/mol. The summed E-state index contributed by atoms with van der Waals surface area (Å²) in [4.78, 5) is 16.7. The Bertz CT molecular complexity index is 996. The van der Waals surface area contributed by atoms with Gasteiger partial charge in [0.05, 0.1) is 43.0 Å². The Labute approximate surface area is 188 Å². The van der Waals surface area contributed by atoms with Crippen LogP contribution in [-0.2, 0) is 24.8 Å². The first kappa shape index (κ1) is 21.9. The zero-order chi connectivity index (χ0) is 22.2. The Morgan fingerprint density at radius 3 is 2.66 bits per heavy atom. The third-order valence-electron chi connectivity index (χ3n) is 5.80. The molecule has 1 amide bonds. The summed E-state index contributed by atoms with van der Waals surface area (Å²) in [5.74, 6) is 0.797. The number of nitrogens with one attached hydrogen (secondary N) is 1. The highest BCUT2D eigenvalue weighted by molar-refractivity contribution is 5.68. The molecule has 7 heteroatoms. The summed E-state index contributed by atoms with van der Waals surface area (Å²) < 4.78 is 13.1. The van der Waals surface area contributed by atoms with Gasteiger partial charge in [0, 0.05) is 19.0 Å². The monoisotopic (exact) mass is 434 g/mol. The minimum absolute atomic E-state index is 0.294. The average molecular weight is 435 g/mol. The summed E-state index contributed by atoms with van der Waals surface area (Å²) in [7, 11) is 1.85. The van der Waals surface area contributed by atoms with Crippen molar-refractivity contribution in [3.05, 3.63) is 66.1 Å². The average Bonchev–Trinajstić information content (AvgIpc) is 3.20. The Kier molecular flexibility index (Phi) is 7.38. The first-order chi connectivity index (χ1) is 15.7. The minimum atomic E-state index is -0.447. The first-order valence-electron chi connectivity index (χ1n) is 11.3. The lowest BCUT2D eigenvalue weighted by Crippen LogP contribution is -2.26. The van der Waals surface area contributed by atoms with Gasteiger partial charge in [-0.05, 0) is 43.4 Å². The van der Waals surface area contributed by atoms with Crippen LogP contribution in [0, 0.1) is 0 Å². The number of benzene rings is 1. The SMILES string of the molecule is Cn1ncc(-c2ccc(OC3CCCCC3)cn2)c1CNC(=O)OCCc1ccccc1. The number of hydrogen-bond donors (Lipinski definition) is 1. The van der Waals surface area contributed by atoms with Gasteiger partial charge in [-0.3, -0.25) is 9.67 Å². The molecule has 3 aromatic rings. The molecule has 1 aliphatic carbocycles. The fourth-order valence-corrected chi connectivity index (χ4v) is 3.98. The van der Waals surface area contributed by atoms with Crippen LogP contribution in [-0.4, -0.2) is 33.6 Å². The Balaban J connectivity index is 1.31. The molecule has 0 saturated heterocycles. The molecule has 0 unspecified atom stereocenters. The van der Waals surface area contributed by atoms with Crippen LogP contribution in [0.15, 0.2) is 54.9 Å². The van der Waals surface area contributed by atoms with Crippen molar-refractivity contribution in [3.8, 4) is 17.0 Å². The largest absolute Gasteiger partial charge is 0.489 e. The van der Waals surface area contributed by atoms with Crippen molar-refractivity contribution in [2.24, 2.45) is 7.05 Å². The maximum absolute atomic E-state index is 12.1. The molecule has 7 nitrogen and oxygen atoms in total. The van der Waals surface area contributed by atoms with Crippen LogP contribution in [0.2, 0.25) is 0 Å². The number of aromatic nitrogens is 3. The lowest BCUT2D eigenvalue weighted by molar-refractivity contribution is 0.146. The van der Waals surface area contributed by atoms with Crippen LogP contribution in [0.25, 0.3) is 11.3 Å². The number of aryl methyl sites for hydroxylation is 1. The van der Waals surface area contributed by atoms with Crippen molar-refractivity contribution in [2.75, 3.05) is 6.61 Å². The van der Waals surface area contributed by atoms with Crippen LogP contribution in [0.1, 0.15) is 43.4 Å². The second-order valence-electron chi connectivity index (χ2n) is 8.11. The molecule has 32 heavy (non-hydrogen) atoms. The summed E-state index contributed by atoms with van der Waals surface area (Å²) in [6, 6.07) is 13.8. The molecule has 1 aliphatic rings. The van der Waals surface area contributed by atoms with Crippen molar-refractivity contribution in [1.29, 1.82) is 0 Å².